The summed E-state index contributed by atoms with van der Waals surface area (Å²) in [4.78, 5) is 26.1. The highest BCUT2D eigenvalue weighted by Crippen LogP contribution is 2.29. The number of benzene rings is 2. The molecule has 2 N–H and O–H groups in total. The normalized spacial score (nSPS) is 10.2. The van der Waals surface area contributed by atoms with Crippen molar-refractivity contribution in [2.24, 2.45) is 0 Å². The van der Waals surface area contributed by atoms with Crippen molar-refractivity contribution in [1.82, 2.24) is 0 Å². The van der Waals surface area contributed by atoms with Crippen LogP contribution >= 0.6 is 11.3 Å². The summed E-state index contributed by atoms with van der Waals surface area (Å²) in [6.45, 7) is 3.86. The van der Waals surface area contributed by atoms with Crippen LogP contribution < -0.4 is 10.6 Å². The predicted octanol–water partition coefficient (Wildman–Crippen LogP) is 5.00. The first kappa shape index (κ1) is 19.3. The molecule has 140 valence electrons. The highest BCUT2D eigenvalue weighted by atomic mass is 32.1. The van der Waals surface area contributed by atoms with Crippen molar-refractivity contribution in [2.75, 3.05) is 10.6 Å². The third kappa shape index (κ3) is 4.27. The maximum atomic E-state index is 12.7. The molecule has 0 aliphatic carbocycles. The molecule has 0 unspecified atom stereocenters. The van der Waals surface area contributed by atoms with E-state index in [0.717, 1.165) is 16.9 Å². The number of thiophene rings is 1. The summed E-state index contributed by atoms with van der Waals surface area (Å²) in [6.07, 6.45) is 0.801. The summed E-state index contributed by atoms with van der Waals surface area (Å²) in [5.74, 6) is -0.560. The Hall–Kier alpha value is -3.43. The maximum absolute atomic E-state index is 12.7. The van der Waals surface area contributed by atoms with Crippen LogP contribution in [0.4, 0.5) is 10.7 Å². The second-order valence-corrected chi connectivity index (χ2v) is 7.36. The SMILES string of the molecule is CCc1cc(C#N)c(NC(=O)c2ccc(C)c(NC(=O)c3ccccc3)c2)s1. The topological polar surface area (TPSA) is 82.0 Å². The number of nitrogens with zero attached hydrogens (tertiary/aromatic N) is 1. The minimum absolute atomic E-state index is 0.237. The summed E-state index contributed by atoms with van der Waals surface area (Å²) in [7, 11) is 0. The van der Waals surface area contributed by atoms with Crippen molar-refractivity contribution in [3.05, 3.63) is 81.7 Å². The van der Waals surface area contributed by atoms with E-state index in [1.807, 2.05) is 19.9 Å². The number of amides is 2. The number of hydrogen-bond acceptors (Lipinski definition) is 4. The van der Waals surface area contributed by atoms with Crippen molar-refractivity contribution in [3.63, 3.8) is 0 Å². The van der Waals surface area contributed by atoms with Gasteiger partial charge < -0.3 is 10.6 Å². The molecule has 0 fully saturated rings. The van der Waals surface area contributed by atoms with E-state index in [1.165, 1.54) is 11.3 Å². The van der Waals surface area contributed by atoms with E-state index in [4.69, 9.17) is 0 Å². The molecular formula is C22H19N3O2S. The Balaban J connectivity index is 1.81. The predicted molar refractivity (Wildman–Crippen MR) is 112 cm³/mol. The molecule has 0 aliphatic rings. The fraction of sp³-hybridized carbons (Fsp3) is 0.136. The van der Waals surface area contributed by atoms with E-state index in [2.05, 4.69) is 16.7 Å². The van der Waals surface area contributed by atoms with Crippen molar-refractivity contribution >= 4 is 33.8 Å². The van der Waals surface area contributed by atoms with Crippen LogP contribution in [-0.4, -0.2) is 11.8 Å². The molecule has 0 aliphatic heterocycles. The number of nitriles is 1. The van der Waals surface area contributed by atoms with Gasteiger partial charge in [0.1, 0.15) is 11.1 Å². The Kier molecular flexibility index (Phi) is 5.87. The smallest absolute Gasteiger partial charge is 0.256 e. The lowest BCUT2D eigenvalue weighted by Crippen LogP contribution is -2.15. The van der Waals surface area contributed by atoms with E-state index < -0.39 is 0 Å². The van der Waals surface area contributed by atoms with Crippen LogP contribution in [0.15, 0.2) is 54.6 Å². The van der Waals surface area contributed by atoms with Gasteiger partial charge >= 0.3 is 0 Å². The lowest BCUT2D eigenvalue weighted by molar-refractivity contribution is 0.101. The quantitative estimate of drug-likeness (QED) is 0.644. The third-order valence-corrected chi connectivity index (χ3v) is 5.46. The number of nitrogens with one attached hydrogen (secondary N) is 2. The number of hydrogen-bond donors (Lipinski definition) is 2. The van der Waals surface area contributed by atoms with Gasteiger partial charge in [0.2, 0.25) is 0 Å². The van der Waals surface area contributed by atoms with Gasteiger partial charge in [-0.05, 0) is 49.2 Å². The molecule has 0 radical (unpaired) electrons. The van der Waals surface area contributed by atoms with Gasteiger partial charge in [0.15, 0.2) is 0 Å². The monoisotopic (exact) mass is 389 g/mol. The zero-order chi connectivity index (χ0) is 20.1. The summed E-state index contributed by atoms with van der Waals surface area (Å²) in [5, 5.41) is 15.5. The molecule has 0 saturated carbocycles. The molecular weight excluding hydrogens is 370 g/mol. The van der Waals surface area contributed by atoms with Gasteiger partial charge in [-0.1, -0.05) is 31.2 Å². The number of anilines is 2. The van der Waals surface area contributed by atoms with Crippen LogP contribution in [0.25, 0.3) is 0 Å². The van der Waals surface area contributed by atoms with Gasteiger partial charge in [0, 0.05) is 21.7 Å². The number of rotatable bonds is 5. The summed E-state index contributed by atoms with van der Waals surface area (Å²) < 4.78 is 0. The zero-order valence-electron chi connectivity index (χ0n) is 15.6. The molecule has 5 nitrogen and oxygen atoms in total. The zero-order valence-corrected chi connectivity index (χ0v) is 16.4. The standard InChI is InChI=1S/C22H19N3O2S/c1-3-18-11-17(13-23)22(28-18)25-21(27)16-10-9-14(2)19(12-16)24-20(26)15-7-5-4-6-8-15/h4-12H,3H2,1-2H3,(H,24,26)(H,25,27). The lowest BCUT2D eigenvalue weighted by Gasteiger charge is -2.11. The molecule has 2 amide bonds. The van der Waals surface area contributed by atoms with Crippen LogP contribution in [0.1, 0.15) is 43.6 Å². The first-order chi connectivity index (χ1) is 13.5. The van der Waals surface area contributed by atoms with Gasteiger partial charge in [-0.2, -0.15) is 5.26 Å². The molecule has 6 heteroatoms. The second-order valence-electron chi connectivity index (χ2n) is 6.22. The Morgan fingerprint density at radius 2 is 1.71 bits per heavy atom. The molecule has 0 bridgehead atoms. The Labute approximate surface area is 167 Å². The maximum Gasteiger partial charge on any atom is 0.256 e. The Bertz CT molecular complexity index is 1070. The van der Waals surface area contributed by atoms with Crippen molar-refractivity contribution in [2.45, 2.75) is 20.3 Å². The van der Waals surface area contributed by atoms with Crippen LogP contribution in [0.3, 0.4) is 0 Å². The molecule has 28 heavy (non-hydrogen) atoms. The van der Waals surface area contributed by atoms with Gasteiger partial charge in [-0.25, -0.2) is 0 Å². The average Bonchev–Trinajstić information content (AvgIpc) is 3.12. The van der Waals surface area contributed by atoms with Crippen LogP contribution in [-0.2, 0) is 6.42 Å². The first-order valence-electron chi connectivity index (χ1n) is 8.83. The van der Waals surface area contributed by atoms with Gasteiger partial charge in [-0.3, -0.25) is 9.59 Å². The fourth-order valence-corrected chi connectivity index (χ4v) is 3.59. The third-order valence-electron chi connectivity index (χ3n) is 4.26. The van der Waals surface area contributed by atoms with E-state index in [1.54, 1.807) is 48.5 Å². The molecule has 1 heterocycles. The molecule has 3 aromatic rings. The molecule has 2 aromatic carbocycles. The Morgan fingerprint density at radius 3 is 2.39 bits per heavy atom. The molecule has 0 atom stereocenters. The molecule has 1 aromatic heterocycles. The average molecular weight is 389 g/mol. The number of carbonyl (C=O) groups excluding carboxylic acids is 2. The lowest BCUT2D eigenvalue weighted by atomic mass is 10.1. The second kappa shape index (κ2) is 8.51. The summed E-state index contributed by atoms with van der Waals surface area (Å²) in [6, 6.07) is 17.9. The van der Waals surface area contributed by atoms with Crippen molar-refractivity contribution in [1.29, 1.82) is 5.26 Å². The number of aryl methyl sites for hydroxylation is 2. The van der Waals surface area contributed by atoms with E-state index >= 15 is 0 Å². The largest absolute Gasteiger partial charge is 0.322 e. The minimum Gasteiger partial charge on any atom is -0.322 e. The van der Waals surface area contributed by atoms with Crippen LogP contribution in [0, 0.1) is 18.3 Å². The van der Waals surface area contributed by atoms with Crippen LogP contribution in [0.2, 0.25) is 0 Å². The van der Waals surface area contributed by atoms with E-state index in [-0.39, 0.29) is 11.8 Å². The highest BCUT2D eigenvalue weighted by molar-refractivity contribution is 7.16. The molecule has 0 saturated heterocycles. The van der Waals surface area contributed by atoms with Crippen molar-refractivity contribution < 1.29 is 9.59 Å². The molecule has 0 spiro atoms. The van der Waals surface area contributed by atoms with Gasteiger partial charge in [0.25, 0.3) is 11.8 Å². The number of carbonyl (C=O) groups is 2. The van der Waals surface area contributed by atoms with Crippen LogP contribution in [0.5, 0.6) is 0 Å². The highest BCUT2D eigenvalue weighted by Gasteiger charge is 2.15. The Morgan fingerprint density at radius 1 is 1.00 bits per heavy atom. The fourth-order valence-electron chi connectivity index (χ4n) is 2.65. The minimum atomic E-state index is -0.323. The van der Waals surface area contributed by atoms with Gasteiger partial charge in [0.05, 0.1) is 5.56 Å². The first-order valence-corrected chi connectivity index (χ1v) is 9.64. The van der Waals surface area contributed by atoms with E-state index in [0.29, 0.717) is 27.4 Å². The molecule has 3 rings (SSSR count). The van der Waals surface area contributed by atoms with Gasteiger partial charge in [-0.15, -0.1) is 11.3 Å². The van der Waals surface area contributed by atoms with Crippen molar-refractivity contribution in [3.8, 4) is 6.07 Å². The summed E-state index contributed by atoms with van der Waals surface area (Å²) in [5.41, 5.74) is 2.83. The summed E-state index contributed by atoms with van der Waals surface area (Å²) >= 11 is 1.40. The van der Waals surface area contributed by atoms with E-state index in [9.17, 15) is 14.9 Å².